The van der Waals surface area contributed by atoms with Crippen LogP contribution < -0.4 is 10.8 Å². The minimum Gasteiger partial charge on any atom is -0.417 e. The van der Waals surface area contributed by atoms with E-state index in [0.29, 0.717) is 13.2 Å². The lowest BCUT2D eigenvalue weighted by atomic mass is 9.98. The first-order chi connectivity index (χ1) is 13.6. The average Bonchev–Trinajstić information content (AvgIpc) is 2.59. The highest BCUT2D eigenvalue weighted by molar-refractivity contribution is 6.74. The van der Waals surface area contributed by atoms with E-state index in [1.165, 1.54) is 5.57 Å². The molecule has 1 aliphatic heterocycles. The monoisotopic (exact) mass is 456 g/mol. The Kier molecular flexibility index (Phi) is 10.2. The Hall–Kier alpha value is -0.286. The van der Waals surface area contributed by atoms with Gasteiger partial charge in [-0.05, 0) is 42.7 Å². The molecule has 30 heavy (non-hydrogen) atoms. The van der Waals surface area contributed by atoms with Gasteiger partial charge >= 0.3 is 0 Å². The van der Waals surface area contributed by atoms with Crippen molar-refractivity contribution in [2.45, 2.75) is 96.3 Å². The van der Waals surface area contributed by atoms with E-state index in [1.807, 2.05) is 0 Å². The fraction of sp³-hybridized carbons (Fsp3) is 0.826. The highest BCUT2D eigenvalue weighted by Crippen LogP contribution is 2.38. The zero-order valence-corrected chi connectivity index (χ0v) is 23.3. The van der Waals surface area contributed by atoms with Crippen molar-refractivity contribution in [2.24, 2.45) is 0 Å². The maximum atomic E-state index is 6.54. The van der Waals surface area contributed by atoms with Crippen LogP contribution in [0, 0.1) is 0 Å². The van der Waals surface area contributed by atoms with Crippen molar-refractivity contribution in [1.29, 1.82) is 0 Å². The summed E-state index contributed by atoms with van der Waals surface area (Å²) >= 11 is 0. The molecule has 0 aliphatic carbocycles. The summed E-state index contributed by atoms with van der Waals surface area (Å²) in [6.45, 7) is 29.4. The number of rotatable bonds is 11. The Morgan fingerprint density at radius 2 is 1.63 bits per heavy atom. The summed E-state index contributed by atoms with van der Waals surface area (Å²) in [4.78, 5) is 5.47. The molecule has 0 bridgehead atoms. The quantitative estimate of drug-likeness (QED) is 0.189. The molecule has 0 fully saturated rings. The summed E-state index contributed by atoms with van der Waals surface area (Å²) in [6, 6.07) is 0.358. The summed E-state index contributed by atoms with van der Waals surface area (Å²) in [6.07, 6.45) is 4.95. The molecule has 2 atom stereocenters. The molecule has 0 saturated heterocycles. The molecule has 2 N–H and O–H groups in total. The Bertz CT molecular complexity index is 578. The van der Waals surface area contributed by atoms with E-state index in [0.717, 1.165) is 19.6 Å². The van der Waals surface area contributed by atoms with Gasteiger partial charge in [0.05, 0.1) is 25.3 Å². The highest BCUT2D eigenvalue weighted by atomic mass is 28.4. The molecule has 1 unspecified atom stereocenters. The molecule has 0 amide bonds. The van der Waals surface area contributed by atoms with E-state index >= 15 is 0 Å². The summed E-state index contributed by atoms with van der Waals surface area (Å²) in [5, 5.41) is 4.09. The summed E-state index contributed by atoms with van der Waals surface area (Å²) < 4.78 is 13.0. The molecule has 0 aromatic rings. The Morgan fingerprint density at radius 3 is 2.17 bits per heavy atom. The number of hydrogen-bond donors (Lipinski definition) is 2. The van der Waals surface area contributed by atoms with Crippen LogP contribution in [0.4, 0.5) is 0 Å². The van der Waals surface area contributed by atoms with Crippen LogP contribution in [0.3, 0.4) is 0 Å². The molecular formula is C23H48N2O3Si2. The minimum absolute atomic E-state index is 0.136. The number of hydrogen-bond acceptors (Lipinski definition) is 5. The maximum Gasteiger partial charge on any atom is 0.192 e. The van der Waals surface area contributed by atoms with E-state index < -0.39 is 16.6 Å². The van der Waals surface area contributed by atoms with Gasteiger partial charge in [0.25, 0.3) is 0 Å². The smallest absolute Gasteiger partial charge is 0.192 e. The lowest BCUT2D eigenvalue weighted by molar-refractivity contribution is 0.0433. The number of nitrogens with one attached hydrogen (secondary N) is 2. The maximum absolute atomic E-state index is 6.54. The van der Waals surface area contributed by atoms with Gasteiger partial charge in [0, 0.05) is 13.2 Å². The summed E-state index contributed by atoms with van der Waals surface area (Å²) in [5.41, 5.74) is 4.47. The van der Waals surface area contributed by atoms with Crippen LogP contribution in [0.25, 0.3) is 0 Å². The van der Waals surface area contributed by atoms with Crippen LogP contribution in [-0.2, 0) is 13.7 Å². The third-order valence-corrected chi connectivity index (χ3v) is 16.0. The second kappa shape index (κ2) is 11.0. The van der Waals surface area contributed by atoms with Crippen molar-refractivity contribution in [3.8, 4) is 0 Å². The van der Waals surface area contributed by atoms with E-state index in [-0.39, 0.29) is 22.2 Å². The first-order valence-corrected chi connectivity index (χ1v) is 17.1. The average molecular weight is 457 g/mol. The highest BCUT2D eigenvalue weighted by Gasteiger charge is 2.39. The molecule has 0 saturated carbocycles. The molecule has 1 aliphatic rings. The van der Waals surface area contributed by atoms with Gasteiger partial charge in [-0.2, -0.15) is 5.48 Å². The zero-order valence-electron chi connectivity index (χ0n) is 21.3. The lowest BCUT2D eigenvalue weighted by Crippen LogP contribution is -2.51. The van der Waals surface area contributed by atoms with Crippen LogP contribution in [0.15, 0.2) is 24.3 Å². The summed E-state index contributed by atoms with van der Waals surface area (Å²) in [7, 11) is -3.54. The second-order valence-corrected chi connectivity index (χ2v) is 21.1. The molecule has 0 aromatic heterocycles. The standard InChI is InChI=1S/C23H48N2O3Si2/c1-12-14-26-25-20-16-19(13-15-27-29(8,9)22(2,3)4)21(24-17-20)18-28-30(10,11)23(5,6)7/h12,16,20-21,24-25H,1,13-15,17-18H2,2-11H3/t20-,21?/m1/s1. The van der Waals surface area contributed by atoms with Crippen LogP contribution in [0.2, 0.25) is 36.3 Å². The van der Waals surface area contributed by atoms with E-state index in [9.17, 15) is 0 Å². The zero-order chi connectivity index (χ0) is 23.2. The van der Waals surface area contributed by atoms with Crippen molar-refractivity contribution in [2.75, 3.05) is 26.4 Å². The van der Waals surface area contributed by atoms with Gasteiger partial charge in [0.2, 0.25) is 0 Å². The van der Waals surface area contributed by atoms with Gasteiger partial charge in [-0.3, -0.25) is 4.84 Å². The minimum atomic E-state index is -1.79. The molecule has 5 nitrogen and oxygen atoms in total. The molecule has 0 aromatic carbocycles. The van der Waals surface area contributed by atoms with Crippen molar-refractivity contribution >= 4 is 16.6 Å². The van der Waals surface area contributed by atoms with Crippen molar-refractivity contribution in [3.63, 3.8) is 0 Å². The topological polar surface area (TPSA) is 51.8 Å². The van der Waals surface area contributed by atoms with Gasteiger partial charge in [-0.15, -0.1) is 6.58 Å². The normalized spacial score (nSPS) is 21.5. The van der Waals surface area contributed by atoms with Crippen molar-refractivity contribution in [3.05, 3.63) is 24.3 Å². The fourth-order valence-electron chi connectivity index (χ4n) is 2.70. The van der Waals surface area contributed by atoms with Gasteiger partial charge < -0.3 is 14.2 Å². The predicted molar refractivity (Wildman–Crippen MR) is 134 cm³/mol. The van der Waals surface area contributed by atoms with Crippen molar-refractivity contribution < 1.29 is 13.7 Å². The Morgan fingerprint density at radius 1 is 1.07 bits per heavy atom. The largest absolute Gasteiger partial charge is 0.417 e. The lowest BCUT2D eigenvalue weighted by Gasteiger charge is -2.39. The van der Waals surface area contributed by atoms with E-state index in [4.69, 9.17) is 13.7 Å². The molecule has 1 rings (SSSR count). The number of hydroxylamine groups is 1. The molecule has 0 spiro atoms. The van der Waals surface area contributed by atoms with Gasteiger partial charge in [-0.1, -0.05) is 59.3 Å². The molecule has 7 heteroatoms. The first kappa shape index (κ1) is 27.7. The van der Waals surface area contributed by atoms with Gasteiger partial charge in [-0.25, -0.2) is 0 Å². The predicted octanol–water partition coefficient (Wildman–Crippen LogP) is 5.39. The van der Waals surface area contributed by atoms with Crippen LogP contribution in [0.5, 0.6) is 0 Å². The van der Waals surface area contributed by atoms with E-state index in [1.54, 1.807) is 6.08 Å². The third-order valence-electron chi connectivity index (χ3n) is 6.96. The molecular weight excluding hydrogens is 408 g/mol. The third kappa shape index (κ3) is 8.33. The van der Waals surface area contributed by atoms with Crippen molar-refractivity contribution in [1.82, 2.24) is 10.8 Å². The molecule has 176 valence electrons. The Balaban J connectivity index is 2.82. The SMILES string of the molecule is C=CCON[C@@H]1C=C(CCO[Si](C)(C)C(C)(C)C)C(CO[Si](C)(C)C(C)(C)C)NC1. The molecule has 0 radical (unpaired) electrons. The molecule has 1 heterocycles. The van der Waals surface area contributed by atoms with Crippen LogP contribution >= 0.6 is 0 Å². The van der Waals surface area contributed by atoms with Crippen LogP contribution in [0.1, 0.15) is 48.0 Å². The first-order valence-electron chi connectivity index (χ1n) is 11.3. The van der Waals surface area contributed by atoms with E-state index in [2.05, 4.69) is 91.2 Å². The van der Waals surface area contributed by atoms with Gasteiger partial charge in [0.1, 0.15) is 0 Å². The Labute approximate surface area is 188 Å². The summed E-state index contributed by atoms with van der Waals surface area (Å²) in [5.74, 6) is 0. The second-order valence-electron chi connectivity index (χ2n) is 11.5. The van der Waals surface area contributed by atoms with Crippen LogP contribution in [-0.4, -0.2) is 55.1 Å². The fourth-order valence-corrected chi connectivity index (χ4v) is 4.76. The van der Waals surface area contributed by atoms with Gasteiger partial charge in [0.15, 0.2) is 16.6 Å².